The van der Waals surface area contributed by atoms with E-state index in [1.807, 2.05) is 0 Å². The van der Waals surface area contributed by atoms with Crippen molar-refractivity contribution in [3.8, 4) is 0 Å². The Bertz CT molecular complexity index is 650. The van der Waals surface area contributed by atoms with Crippen LogP contribution in [0.4, 0.5) is 4.79 Å². The number of benzene rings is 1. The zero-order valence-corrected chi connectivity index (χ0v) is 15.3. The van der Waals surface area contributed by atoms with Gasteiger partial charge < -0.3 is 9.47 Å². The van der Waals surface area contributed by atoms with Crippen LogP contribution in [0.3, 0.4) is 0 Å². The van der Waals surface area contributed by atoms with Crippen LogP contribution in [-0.4, -0.2) is 47.5 Å². The van der Waals surface area contributed by atoms with E-state index in [1.165, 1.54) is 4.90 Å². The van der Waals surface area contributed by atoms with Gasteiger partial charge in [0, 0.05) is 17.1 Å². The second kappa shape index (κ2) is 7.87. The lowest BCUT2D eigenvalue weighted by Gasteiger charge is -2.27. The van der Waals surface area contributed by atoms with Gasteiger partial charge >= 0.3 is 12.1 Å². The molecule has 0 N–H and O–H groups in total. The third kappa shape index (κ3) is 5.46. The molecule has 1 heterocycles. The number of halogens is 1. The summed E-state index contributed by atoms with van der Waals surface area (Å²) in [6.07, 6.45) is 0.633. The summed E-state index contributed by atoms with van der Waals surface area (Å²) in [6, 6.07) is 5.62. The van der Waals surface area contributed by atoms with E-state index in [2.05, 4.69) is 0 Å². The summed E-state index contributed by atoms with van der Waals surface area (Å²) in [6.45, 7) is 5.34. The minimum atomic E-state index is -0.715. The molecule has 136 valence electrons. The van der Waals surface area contributed by atoms with Gasteiger partial charge in [0.2, 0.25) is 0 Å². The third-order valence-corrected chi connectivity index (χ3v) is 3.92. The van der Waals surface area contributed by atoms with Crippen LogP contribution in [0.15, 0.2) is 24.3 Å². The van der Waals surface area contributed by atoms with Crippen molar-refractivity contribution in [3.05, 3.63) is 34.9 Å². The molecule has 0 bridgehead atoms. The number of carbonyl (C=O) groups excluding carboxylic acids is 3. The first-order valence-electron chi connectivity index (χ1n) is 8.12. The molecule has 1 aliphatic rings. The Balaban J connectivity index is 1.92. The van der Waals surface area contributed by atoms with E-state index in [1.54, 1.807) is 45.0 Å². The molecule has 1 unspecified atom stereocenters. The lowest BCUT2D eigenvalue weighted by atomic mass is 10.1. The van der Waals surface area contributed by atoms with Crippen molar-refractivity contribution < 1.29 is 23.9 Å². The topological polar surface area (TPSA) is 72.9 Å². The first-order chi connectivity index (χ1) is 11.7. The summed E-state index contributed by atoms with van der Waals surface area (Å²) in [5, 5.41) is 0.521. The maximum absolute atomic E-state index is 12.3. The maximum atomic E-state index is 12.3. The van der Waals surface area contributed by atoms with E-state index < -0.39 is 23.7 Å². The first kappa shape index (κ1) is 19.2. The molecule has 25 heavy (non-hydrogen) atoms. The van der Waals surface area contributed by atoms with Crippen LogP contribution in [0.25, 0.3) is 0 Å². The highest BCUT2D eigenvalue weighted by atomic mass is 35.5. The number of Topliss-reactive ketones (excluding diaryl/α,β-unsaturated/α-hetero) is 1. The van der Waals surface area contributed by atoms with Crippen LogP contribution in [0.2, 0.25) is 5.02 Å². The molecule has 0 spiro atoms. The summed E-state index contributed by atoms with van der Waals surface area (Å²) in [7, 11) is 0. The van der Waals surface area contributed by atoms with Gasteiger partial charge in [-0.1, -0.05) is 11.6 Å². The minimum Gasteiger partial charge on any atom is -0.456 e. The lowest BCUT2D eigenvalue weighted by Crippen LogP contribution is -2.44. The number of hydrogen-bond donors (Lipinski definition) is 0. The molecule has 1 amide bonds. The Kier molecular flexibility index (Phi) is 6.06. The summed E-state index contributed by atoms with van der Waals surface area (Å²) >= 11 is 5.78. The van der Waals surface area contributed by atoms with Crippen molar-refractivity contribution in [2.24, 2.45) is 0 Å². The average Bonchev–Trinajstić information content (AvgIpc) is 3.01. The van der Waals surface area contributed by atoms with Crippen LogP contribution in [-0.2, 0) is 14.3 Å². The van der Waals surface area contributed by atoms with E-state index in [-0.39, 0.29) is 12.4 Å². The Hall–Kier alpha value is -2.08. The van der Waals surface area contributed by atoms with E-state index in [4.69, 9.17) is 21.1 Å². The highest BCUT2D eigenvalue weighted by molar-refractivity contribution is 6.30. The highest BCUT2D eigenvalue weighted by Gasteiger charge is 2.37. The largest absolute Gasteiger partial charge is 0.456 e. The molecule has 1 saturated heterocycles. The van der Waals surface area contributed by atoms with Crippen LogP contribution in [0.5, 0.6) is 0 Å². The van der Waals surface area contributed by atoms with Crippen molar-refractivity contribution in [2.45, 2.75) is 45.3 Å². The molecule has 1 aromatic rings. The summed E-state index contributed by atoms with van der Waals surface area (Å²) in [5.41, 5.74) is -0.230. The second-order valence-corrected chi connectivity index (χ2v) is 7.31. The Morgan fingerprint density at radius 2 is 1.84 bits per heavy atom. The lowest BCUT2D eigenvalue weighted by molar-refractivity contribution is -0.147. The summed E-state index contributed by atoms with van der Waals surface area (Å²) in [4.78, 5) is 37.9. The third-order valence-electron chi connectivity index (χ3n) is 3.66. The molecular weight excluding hydrogens is 346 g/mol. The zero-order valence-electron chi connectivity index (χ0n) is 14.6. The normalized spacial score (nSPS) is 17.3. The molecule has 1 aromatic carbocycles. The van der Waals surface area contributed by atoms with Gasteiger partial charge in [0.15, 0.2) is 12.4 Å². The Morgan fingerprint density at radius 1 is 1.20 bits per heavy atom. The number of hydrogen-bond acceptors (Lipinski definition) is 5. The number of carbonyl (C=O) groups is 3. The van der Waals surface area contributed by atoms with Crippen LogP contribution in [0.1, 0.15) is 44.0 Å². The quantitative estimate of drug-likeness (QED) is 0.601. The van der Waals surface area contributed by atoms with E-state index in [9.17, 15) is 14.4 Å². The SMILES string of the molecule is CC(C)(C)OC(=O)N1CCCC1C(=O)OCC(=O)c1ccc(Cl)cc1. The van der Waals surface area contributed by atoms with Crippen molar-refractivity contribution >= 4 is 29.4 Å². The fourth-order valence-electron chi connectivity index (χ4n) is 2.50. The summed E-state index contributed by atoms with van der Waals surface area (Å²) in [5.74, 6) is -0.919. The number of ether oxygens (including phenoxy) is 2. The average molecular weight is 368 g/mol. The number of esters is 1. The molecule has 0 aliphatic carbocycles. The molecule has 1 atom stereocenters. The minimum absolute atomic E-state index is 0.327. The van der Waals surface area contributed by atoms with Crippen molar-refractivity contribution in [2.75, 3.05) is 13.2 Å². The van der Waals surface area contributed by atoms with Gasteiger partial charge in [-0.15, -0.1) is 0 Å². The first-order valence-corrected chi connectivity index (χ1v) is 8.50. The molecular formula is C18H22ClNO5. The smallest absolute Gasteiger partial charge is 0.411 e. The van der Waals surface area contributed by atoms with Gasteiger partial charge in [0.1, 0.15) is 11.6 Å². The number of likely N-dealkylation sites (tertiary alicyclic amines) is 1. The van der Waals surface area contributed by atoms with Crippen molar-refractivity contribution in [1.29, 1.82) is 0 Å². The number of amides is 1. The van der Waals surface area contributed by atoms with Crippen molar-refractivity contribution in [1.82, 2.24) is 4.90 Å². The fourth-order valence-corrected chi connectivity index (χ4v) is 2.63. The van der Waals surface area contributed by atoms with Gasteiger partial charge in [0.05, 0.1) is 0 Å². The van der Waals surface area contributed by atoms with Crippen LogP contribution < -0.4 is 0 Å². The summed E-state index contributed by atoms with van der Waals surface area (Å²) < 4.78 is 10.4. The Labute approximate surface area is 152 Å². The molecule has 1 fully saturated rings. The van der Waals surface area contributed by atoms with E-state index in [0.29, 0.717) is 30.0 Å². The standard InChI is InChI=1S/C18H22ClNO5/c1-18(2,3)25-17(23)20-10-4-5-14(20)16(22)24-11-15(21)12-6-8-13(19)9-7-12/h6-9,14H,4-5,10-11H2,1-3H3. The van der Waals surface area contributed by atoms with Gasteiger partial charge in [-0.25, -0.2) is 9.59 Å². The molecule has 2 rings (SSSR count). The van der Waals surface area contributed by atoms with E-state index >= 15 is 0 Å². The predicted molar refractivity (Wildman–Crippen MR) is 92.7 cm³/mol. The van der Waals surface area contributed by atoms with Gasteiger partial charge in [-0.05, 0) is 57.9 Å². The molecule has 0 saturated carbocycles. The Morgan fingerprint density at radius 3 is 2.44 bits per heavy atom. The van der Waals surface area contributed by atoms with Gasteiger partial charge in [0.25, 0.3) is 0 Å². The molecule has 1 aliphatic heterocycles. The predicted octanol–water partition coefficient (Wildman–Crippen LogP) is 3.47. The molecule has 0 aromatic heterocycles. The van der Waals surface area contributed by atoms with Gasteiger partial charge in [-0.3, -0.25) is 9.69 Å². The number of rotatable bonds is 4. The fraction of sp³-hybridized carbons (Fsp3) is 0.500. The zero-order chi connectivity index (χ0) is 18.6. The monoisotopic (exact) mass is 367 g/mol. The van der Waals surface area contributed by atoms with Crippen LogP contribution >= 0.6 is 11.6 Å². The van der Waals surface area contributed by atoms with Crippen molar-refractivity contribution in [3.63, 3.8) is 0 Å². The maximum Gasteiger partial charge on any atom is 0.411 e. The van der Waals surface area contributed by atoms with Crippen LogP contribution in [0, 0.1) is 0 Å². The van der Waals surface area contributed by atoms with E-state index in [0.717, 1.165) is 0 Å². The van der Waals surface area contributed by atoms with Gasteiger partial charge in [-0.2, -0.15) is 0 Å². The highest BCUT2D eigenvalue weighted by Crippen LogP contribution is 2.22. The molecule has 0 radical (unpaired) electrons. The number of nitrogens with zero attached hydrogens (tertiary/aromatic N) is 1. The molecule has 7 heteroatoms. The molecule has 6 nitrogen and oxygen atoms in total. The number of ketones is 1. The second-order valence-electron chi connectivity index (χ2n) is 6.87.